The van der Waals surface area contributed by atoms with Crippen LogP contribution in [0.5, 0.6) is 0 Å². The summed E-state index contributed by atoms with van der Waals surface area (Å²) in [5.74, 6) is -0.169. The Morgan fingerprint density at radius 1 is 1.29 bits per heavy atom. The van der Waals surface area contributed by atoms with Gasteiger partial charge < -0.3 is 4.90 Å². The maximum absolute atomic E-state index is 11.7. The van der Waals surface area contributed by atoms with Gasteiger partial charge in [0.05, 0.1) is 30.4 Å². The fourth-order valence-electron chi connectivity index (χ4n) is 2.23. The number of fused-ring (bicyclic) bond motifs is 1. The van der Waals surface area contributed by atoms with E-state index in [9.17, 15) is 9.59 Å². The Hall–Kier alpha value is -2.17. The molecule has 17 heavy (non-hydrogen) atoms. The molecule has 0 unspecified atom stereocenters. The molecule has 1 aliphatic heterocycles. The van der Waals surface area contributed by atoms with Crippen molar-refractivity contribution in [2.24, 2.45) is 7.05 Å². The Kier molecular flexibility index (Phi) is 2.01. The zero-order chi connectivity index (χ0) is 12.0. The lowest BCUT2D eigenvalue weighted by atomic mass is 10.2. The molecular weight excluding hydrogens is 218 g/mol. The minimum absolute atomic E-state index is 0.00817. The Bertz CT molecular complexity index is 630. The Labute approximate surface area is 97.6 Å². The molecule has 0 aliphatic carbocycles. The highest BCUT2D eigenvalue weighted by Gasteiger charge is 2.30. The summed E-state index contributed by atoms with van der Waals surface area (Å²) < 4.78 is 1.72. The summed E-state index contributed by atoms with van der Waals surface area (Å²) in [6.07, 6.45) is 1.76. The van der Waals surface area contributed by atoms with Crippen LogP contribution < -0.4 is 4.90 Å². The van der Waals surface area contributed by atoms with E-state index in [2.05, 4.69) is 5.10 Å². The van der Waals surface area contributed by atoms with E-state index in [1.807, 2.05) is 25.2 Å². The first-order valence-electron chi connectivity index (χ1n) is 5.39. The number of Topliss-reactive ketones (excluding diaryl/α,β-unsaturated/α-hetero) is 1. The summed E-state index contributed by atoms with van der Waals surface area (Å²) >= 11 is 0. The van der Waals surface area contributed by atoms with Crippen molar-refractivity contribution < 1.29 is 9.59 Å². The number of hydrogen-bond acceptors (Lipinski definition) is 3. The number of carbonyl (C=O) groups is 2. The number of para-hydroxylation sites is 1. The molecule has 5 nitrogen and oxygen atoms in total. The van der Waals surface area contributed by atoms with Gasteiger partial charge in [-0.25, -0.2) is 0 Å². The molecule has 1 fully saturated rings. The van der Waals surface area contributed by atoms with Gasteiger partial charge in [0.25, 0.3) is 0 Å². The number of anilines is 1. The highest BCUT2D eigenvalue weighted by atomic mass is 16.2. The average molecular weight is 229 g/mol. The van der Waals surface area contributed by atoms with Gasteiger partial charge in [-0.1, -0.05) is 12.1 Å². The quantitative estimate of drug-likeness (QED) is 0.682. The van der Waals surface area contributed by atoms with Crippen LogP contribution in [0.2, 0.25) is 0 Å². The summed E-state index contributed by atoms with van der Waals surface area (Å²) in [5, 5.41) is 5.14. The molecule has 1 saturated heterocycles. The smallest absolute Gasteiger partial charge is 0.234 e. The van der Waals surface area contributed by atoms with Gasteiger partial charge in [0.15, 0.2) is 5.78 Å². The van der Waals surface area contributed by atoms with Crippen molar-refractivity contribution in [3.8, 4) is 0 Å². The predicted molar refractivity (Wildman–Crippen MR) is 62.7 cm³/mol. The Balaban J connectivity index is 2.20. The van der Waals surface area contributed by atoms with Crippen LogP contribution in [0.1, 0.15) is 6.42 Å². The maximum Gasteiger partial charge on any atom is 0.234 e. The monoisotopic (exact) mass is 229 g/mol. The lowest BCUT2D eigenvalue weighted by molar-refractivity contribution is -0.121. The molecule has 3 rings (SSSR count). The van der Waals surface area contributed by atoms with Crippen LogP contribution in [0, 0.1) is 0 Å². The highest BCUT2D eigenvalue weighted by Crippen LogP contribution is 2.28. The van der Waals surface area contributed by atoms with Crippen molar-refractivity contribution in [1.82, 2.24) is 9.78 Å². The molecule has 5 heteroatoms. The second-order valence-corrected chi connectivity index (χ2v) is 4.18. The largest absolute Gasteiger partial charge is 0.302 e. The lowest BCUT2D eigenvalue weighted by Crippen LogP contribution is -2.25. The van der Waals surface area contributed by atoms with Crippen LogP contribution in [0.15, 0.2) is 24.4 Å². The van der Waals surface area contributed by atoms with Crippen molar-refractivity contribution in [2.75, 3.05) is 11.4 Å². The SMILES string of the molecule is Cn1ncc2cccc(N3CC(=O)CC3=O)c21. The van der Waals surface area contributed by atoms with Crippen molar-refractivity contribution >= 4 is 28.3 Å². The predicted octanol–water partition coefficient (Wildman–Crippen LogP) is 0.879. The van der Waals surface area contributed by atoms with E-state index in [0.29, 0.717) is 0 Å². The number of rotatable bonds is 1. The number of aryl methyl sites for hydroxylation is 1. The third-order valence-corrected chi connectivity index (χ3v) is 3.01. The third kappa shape index (κ3) is 1.43. The molecule has 0 bridgehead atoms. The number of ketones is 1. The van der Waals surface area contributed by atoms with Crippen molar-refractivity contribution in [3.05, 3.63) is 24.4 Å². The van der Waals surface area contributed by atoms with Gasteiger partial charge >= 0.3 is 0 Å². The molecule has 0 saturated carbocycles. The zero-order valence-electron chi connectivity index (χ0n) is 9.38. The highest BCUT2D eigenvalue weighted by molar-refractivity contribution is 6.17. The van der Waals surface area contributed by atoms with Gasteiger partial charge in [0.2, 0.25) is 5.91 Å². The lowest BCUT2D eigenvalue weighted by Gasteiger charge is -2.16. The third-order valence-electron chi connectivity index (χ3n) is 3.01. The van der Waals surface area contributed by atoms with Crippen LogP contribution >= 0.6 is 0 Å². The Morgan fingerprint density at radius 3 is 2.82 bits per heavy atom. The molecule has 0 spiro atoms. The number of amides is 1. The van der Waals surface area contributed by atoms with Gasteiger partial charge in [0.1, 0.15) is 0 Å². The van der Waals surface area contributed by atoms with Crippen LogP contribution in [0.4, 0.5) is 5.69 Å². The van der Waals surface area contributed by atoms with Crippen LogP contribution in [-0.2, 0) is 16.6 Å². The van der Waals surface area contributed by atoms with E-state index in [4.69, 9.17) is 0 Å². The topological polar surface area (TPSA) is 55.2 Å². The molecule has 0 N–H and O–H groups in total. The summed E-state index contributed by atoms with van der Waals surface area (Å²) in [6.45, 7) is 0.170. The molecule has 0 atom stereocenters. The molecule has 86 valence electrons. The van der Waals surface area contributed by atoms with Crippen molar-refractivity contribution in [2.45, 2.75) is 6.42 Å². The van der Waals surface area contributed by atoms with E-state index in [-0.39, 0.29) is 24.7 Å². The molecule has 1 aliphatic rings. The first-order valence-corrected chi connectivity index (χ1v) is 5.39. The van der Waals surface area contributed by atoms with Gasteiger partial charge in [-0.2, -0.15) is 5.10 Å². The minimum atomic E-state index is -0.135. The van der Waals surface area contributed by atoms with Crippen LogP contribution in [-0.4, -0.2) is 28.0 Å². The van der Waals surface area contributed by atoms with Gasteiger partial charge in [-0.05, 0) is 6.07 Å². The van der Waals surface area contributed by atoms with Crippen LogP contribution in [0.25, 0.3) is 10.9 Å². The van der Waals surface area contributed by atoms with E-state index >= 15 is 0 Å². The molecule has 1 aromatic heterocycles. The molecule has 2 aromatic rings. The summed E-state index contributed by atoms with van der Waals surface area (Å²) in [5.41, 5.74) is 1.65. The number of carbonyl (C=O) groups excluding carboxylic acids is 2. The molecule has 1 aromatic carbocycles. The molecule has 0 radical (unpaired) electrons. The van der Waals surface area contributed by atoms with E-state index in [1.165, 1.54) is 4.90 Å². The summed E-state index contributed by atoms with van der Waals surface area (Å²) in [4.78, 5) is 24.6. The number of nitrogens with zero attached hydrogens (tertiary/aromatic N) is 3. The fraction of sp³-hybridized carbons (Fsp3) is 0.250. The van der Waals surface area contributed by atoms with Crippen molar-refractivity contribution in [1.29, 1.82) is 0 Å². The van der Waals surface area contributed by atoms with E-state index < -0.39 is 0 Å². The van der Waals surface area contributed by atoms with Gasteiger partial charge in [-0.3, -0.25) is 14.3 Å². The molecular formula is C12H11N3O2. The molecule has 2 heterocycles. The number of hydrogen-bond donors (Lipinski definition) is 0. The second kappa shape index (κ2) is 3.41. The summed E-state index contributed by atoms with van der Waals surface area (Å²) in [6, 6.07) is 5.66. The Morgan fingerprint density at radius 2 is 2.12 bits per heavy atom. The first kappa shape index (κ1) is 10.0. The minimum Gasteiger partial charge on any atom is -0.302 e. The first-order chi connectivity index (χ1) is 8.16. The van der Waals surface area contributed by atoms with Gasteiger partial charge in [0, 0.05) is 12.4 Å². The second-order valence-electron chi connectivity index (χ2n) is 4.18. The normalized spacial score (nSPS) is 16.2. The fourth-order valence-corrected chi connectivity index (χ4v) is 2.23. The van der Waals surface area contributed by atoms with E-state index in [0.717, 1.165) is 16.6 Å². The van der Waals surface area contributed by atoms with Crippen LogP contribution in [0.3, 0.4) is 0 Å². The van der Waals surface area contributed by atoms with Gasteiger partial charge in [-0.15, -0.1) is 0 Å². The standard InChI is InChI=1S/C12H11N3O2/c1-14-12-8(6-13-14)3-2-4-10(12)15-7-9(16)5-11(15)17/h2-4,6H,5,7H2,1H3. The number of benzene rings is 1. The van der Waals surface area contributed by atoms with Crippen molar-refractivity contribution in [3.63, 3.8) is 0 Å². The molecule has 1 amide bonds. The number of aromatic nitrogens is 2. The maximum atomic E-state index is 11.7. The zero-order valence-corrected chi connectivity index (χ0v) is 9.38. The summed E-state index contributed by atoms with van der Waals surface area (Å²) in [7, 11) is 1.83. The average Bonchev–Trinajstić information content (AvgIpc) is 2.83. The van der Waals surface area contributed by atoms with E-state index in [1.54, 1.807) is 10.9 Å².